The van der Waals surface area contributed by atoms with Crippen molar-refractivity contribution in [2.75, 3.05) is 0 Å². The minimum absolute atomic E-state index is 0.125. The summed E-state index contributed by atoms with van der Waals surface area (Å²) >= 11 is 0. The molecule has 0 saturated carbocycles. The van der Waals surface area contributed by atoms with Crippen LogP contribution in [0.1, 0.15) is 5.56 Å². The van der Waals surface area contributed by atoms with Crippen LogP contribution in [0.5, 0.6) is 5.75 Å². The molecule has 0 bridgehead atoms. The molecule has 5 nitrogen and oxygen atoms in total. The maximum atomic E-state index is 12.2. The number of hydrogen-bond acceptors (Lipinski definition) is 5. The second kappa shape index (κ2) is 4.17. The molecule has 0 aliphatic carbocycles. The summed E-state index contributed by atoms with van der Waals surface area (Å²) in [4.78, 5) is 0. The van der Waals surface area contributed by atoms with Crippen LogP contribution in [0.4, 0.5) is 13.2 Å². The van der Waals surface area contributed by atoms with Gasteiger partial charge in [-0.15, -0.1) is 0 Å². The largest absolute Gasteiger partial charge is 0.534 e. The van der Waals surface area contributed by atoms with E-state index in [2.05, 4.69) is 4.18 Å². The molecule has 0 amide bonds. The summed E-state index contributed by atoms with van der Waals surface area (Å²) < 4.78 is 67.2. The molecule has 100 valence electrons. The Morgan fingerprint density at radius 3 is 2.53 bits per heavy atom. The van der Waals surface area contributed by atoms with E-state index in [0.717, 1.165) is 18.4 Å². The first-order valence-corrected chi connectivity index (χ1v) is 6.08. The first-order valence-electron chi connectivity index (χ1n) is 4.67. The van der Waals surface area contributed by atoms with Crippen molar-refractivity contribution in [2.24, 2.45) is 0 Å². The molecule has 0 aliphatic heterocycles. The monoisotopic (exact) mass is 291 g/mol. The lowest BCUT2D eigenvalue weighted by Gasteiger charge is -2.09. The van der Waals surface area contributed by atoms with Gasteiger partial charge in [-0.1, -0.05) is 0 Å². The van der Waals surface area contributed by atoms with E-state index in [9.17, 15) is 21.6 Å². The fraction of sp³-hybridized carbons (Fsp3) is 0.100. The molecule has 0 N–H and O–H groups in total. The maximum absolute atomic E-state index is 12.2. The highest BCUT2D eigenvalue weighted by Crippen LogP contribution is 2.33. The van der Waals surface area contributed by atoms with Gasteiger partial charge in [0.2, 0.25) is 0 Å². The Hall–Kier alpha value is -2.21. The predicted molar refractivity (Wildman–Crippen MR) is 56.5 cm³/mol. The summed E-state index contributed by atoms with van der Waals surface area (Å²) in [6.45, 7) is 0. The molecule has 0 aliphatic rings. The van der Waals surface area contributed by atoms with Gasteiger partial charge < -0.3 is 8.60 Å². The van der Waals surface area contributed by atoms with Crippen LogP contribution >= 0.6 is 0 Å². The predicted octanol–water partition coefficient (Wildman–Crippen LogP) is 2.53. The molecule has 0 unspecified atom stereocenters. The third kappa shape index (κ3) is 2.22. The average Bonchev–Trinajstić information content (AvgIpc) is 2.77. The second-order valence-corrected chi connectivity index (χ2v) is 4.91. The molecule has 1 aromatic heterocycles. The van der Waals surface area contributed by atoms with E-state index in [-0.39, 0.29) is 16.5 Å². The van der Waals surface area contributed by atoms with E-state index in [1.54, 1.807) is 6.07 Å². The molecule has 19 heavy (non-hydrogen) atoms. The van der Waals surface area contributed by atoms with E-state index in [4.69, 9.17) is 9.68 Å². The molecule has 1 aromatic carbocycles. The van der Waals surface area contributed by atoms with Crippen molar-refractivity contribution in [3.63, 3.8) is 0 Å². The van der Waals surface area contributed by atoms with Gasteiger partial charge in [0, 0.05) is 5.39 Å². The van der Waals surface area contributed by atoms with Crippen LogP contribution in [0, 0.1) is 11.3 Å². The summed E-state index contributed by atoms with van der Waals surface area (Å²) in [6, 6.07) is 5.17. The zero-order valence-electron chi connectivity index (χ0n) is 8.93. The lowest BCUT2D eigenvalue weighted by Crippen LogP contribution is -2.28. The van der Waals surface area contributed by atoms with Gasteiger partial charge in [0.1, 0.15) is 0 Å². The summed E-state index contributed by atoms with van der Waals surface area (Å²) in [5.74, 6) is -0.628. The highest BCUT2D eigenvalue weighted by atomic mass is 32.2. The lowest BCUT2D eigenvalue weighted by atomic mass is 10.1. The molecular weight excluding hydrogens is 287 g/mol. The molecular formula is C10H4F3NO4S. The number of furan rings is 1. The quantitative estimate of drug-likeness (QED) is 0.627. The van der Waals surface area contributed by atoms with E-state index >= 15 is 0 Å². The summed E-state index contributed by atoms with van der Waals surface area (Å²) in [7, 11) is -5.78. The molecule has 0 saturated heterocycles. The topological polar surface area (TPSA) is 80.3 Å². The number of hydrogen-bond donors (Lipinski definition) is 0. The van der Waals surface area contributed by atoms with Crippen LogP contribution in [0.15, 0.2) is 28.9 Å². The van der Waals surface area contributed by atoms with Crippen LogP contribution in [-0.4, -0.2) is 13.9 Å². The molecule has 0 fully saturated rings. The first-order chi connectivity index (χ1) is 8.76. The molecule has 9 heteroatoms. The van der Waals surface area contributed by atoms with Gasteiger partial charge in [-0.05, 0) is 18.2 Å². The van der Waals surface area contributed by atoms with Crippen molar-refractivity contribution in [1.29, 1.82) is 5.26 Å². The van der Waals surface area contributed by atoms with Crippen LogP contribution in [0.3, 0.4) is 0 Å². The van der Waals surface area contributed by atoms with Crippen molar-refractivity contribution in [2.45, 2.75) is 5.51 Å². The van der Waals surface area contributed by atoms with Crippen molar-refractivity contribution >= 4 is 21.1 Å². The van der Waals surface area contributed by atoms with Crippen molar-refractivity contribution in [3.05, 3.63) is 30.0 Å². The zero-order valence-corrected chi connectivity index (χ0v) is 9.75. The highest BCUT2D eigenvalue weighted by Gasteiger charge is 2.48. The third-order valence-electron chi connectivity index (χ3n) is 2.18. The summed E-state index contributed by atoms with van der Waals surface area (Å²) in [6.07, 6.45) is 1.11. The fourth-order valence-electron chi connectivity index (χ4n) is 1.37. The summed E-state index contributed by atoms with van der Waals surface area (Å²) in [5.41, 5.74) is -5.66. The third-order valence-corrected chi connectivity index (χ3v) is 3.15. The minimum atomic E-state index is -5.78. The number of rotatable bonds is 2. The van der Waals surface area contributed by atoms with Crippen LogP contribution in [0.25, 0.3) is 11.0 Å². The van der Waals surface area contributed by atoms with Crippen molar-refractivity contribution in [3.8, 4) is 11.8 Å². The number of nitrogens with zero attached hydrogens (tertiary/aromatic N) is 1. The Bertz CT molecular complexity index is 770. The number of halogens is 3. The Labute approximate surface area is 104 Å². The molecule has 1 heterocycles. The summed E-state index contributed by atoms with van der Waals surface area (Å²) in [5, 5.41) is 8.94. The Balaban J connectivity index is 2.55. The van der Waals surface area contributed by atoms with Gasteiger partial charge >= 0.3 is 15.6 Å². The van der Waals surface area contributed by atoms with Crippen LogP contribution in [-0.2, 0) is 10.1 Å². The van der Waals surface area contributed by atoms with Gasteiger partial charge in [-0.3, -0.25) is 0 Å². The van der Waals surface area contributed by atoms with Gasteiger partial charge in [-0.2, -0.15) is 26.9 Å². The van der Waals surface area contributed by atoms with Crippen molar-refractivity contribution < 1.29 is 30.2 Å². The standard InChI is InChI=1S/C10H4F3NO4S/c11-10(12,13)19(15,16)18-8-2-1-6(5-14)7-3-4-17-9(7)8/h1-4H. The number of alkyl halides is 3. The molecule has 2 rings (SSSR count). The normalized spacial score (nSPS) is 12.3. The molecule has 2 aromatic rings. The first kappa shape index (κ1) is 13.2. The zero-order chi connectivity index (χ0) is 14.3. The average molecular weight is 291 g/mol. The molecule has 0 radical (unpaired) electrons. The fourth-order valence-corrected chi connectivity index (χ4v) is 1.83. The van der Waals surface area contributed by atoms with Gasteiger partial charge in [0.05, 0.1) is 17.9 Å². The number of fused-ring (bicyclic) bond motifs is 1. The highest BCUT2D eigenvalue weighted by molar-refractivity contribution is 7.88. The second-order valence-electron chi connectivity index (χ2n) is 3.37. The molecule has 0 atom stereocenters. The molecule has 0 spiro atoms. The number of nitriles is 1. The van der Waals surface area contributed by atoms with E-state index in [0.29, 0.717) is 0 Å². The van der Waals surface area contributed by atoms with Crippen molar-refractivity contribution in [1.82, 2.24) is 0 Å². The lowest BCUT2D eigenvalue weighted by molar-refractivity contribution is -0.0499. The Morgan fingerprint density at radius 2 is 1.95 bits per heavy atom. The van der Waals surface area contributed by atoms with Gasteiger partial charge in [0.15, 0.2) is 11.3 Å². The van der Waals surface area contributed by atoms with E-state index < -0.39 is 21.4 Å². The van der Waals surface area contributed by atoms with E-state index in [1.807, 2.05) is 0 Å². The number of benzene rings is 1. The smallest absolute Gasteiger partial charge is 0.460 e. The van der Waals surface area contributed by atoms with Crippen LogP contribution < -0.4 is 4.18 Å². The van der Waals surface area contributed by atoms with Gasteiger partial charge in [0.25, 0.3) is 0 Å². The Morgan fingerprint density at radius 1 is 1.26 bits per heavy atom. The van der Waals surface area contributed by atoms with Gasteiger partial charge in [-0.25, -0.2) is 0 Å². The Kier molecular flexibility index (Phi) is 2.90. The van der Waals surface area contributed by atoms with E-state index in [1.165, 1.54) is 6.07 Å². The SMILES string of the molecule is N#Cc1ccc(OS(=O)(=O)C(F)(F)F)c2occc12. The maximum Gasteiger partial charge on any atom is 0.534 e. The van der Waals surface area contributed by atoms with Crippen LogP contribution in [0.2, 0.25) is 0 Å². The minimum Gasteiger partial charge on any atom is -0.460 e.